The molecule has 0 aliphatic carbocycles. The van der Waals surface area contributed by atoms with E-state index in [4.69, 9.17) is 0 Å². The van der Waals surface area contributed by atoms with Gasteiger partial charge in [-0.15, -0.1) is 0 Å². The molecule has 1 aromatic heterocycles. The van der Waals surface area contributed by atoms with Gasteiger partial charge in [-0.1, -0.05) is 36.4 Å². The van der Waals surface area contributed by atoms with Crippen molar-refractivity contribution in [2.75, 3.05) is 6.26 Å². The lowest BCUT2D eigenvalue weighted by molar-refractivity contribution is 0.601. The molecule has 0 saturated heterocycles. The zero-order valence-electron chi connectivity index (χ0n) is 12.4. The zero-order valence-corrected chi connectivity index (χ0v) is 13.2. The smallest absolute Gasteiger partial charge is 0.177 e. The molecule has 0 bridgehead atoms. The van der Waals surface area contributed by atoms with Gasteiger partial charge in [0.25, 0.3) is 0 Å². The SMILES string of the molecule is CS(=O)(=O)c1ccc(-c2ccccc2-c2ccc(F)cc2)nc1. The van der Waals surface area contributed by atoms with E-state index in [9.17, 15) is 12.8 Å². The van der Waals surface area contributed by atoms with Gasteiger partial charge in [0.15, 0.2) is 9.84 Å². The Kier molecular flexibility index (Phi) is 3.96. The average Bonchev–Trinajstić information content (AvgIpc) is 2.55. The largest absolute Gasteiger partial charge is 0.255 e. The Morgan fingerprint density at radius 3 is 2.09 bits per heavy atom. The van der Waals surface area contributed by atoms with Crippen molar-refractivity contribution in [1.82, 2.24) is 4.98 Å². The van der Waals surface area contributed by atoms with E-state index in [0.29, 0.717) is 5.69 Å². The van der Waals surface area contributed by atoms with Crippen molar-refractivity contribution in [2.45, 2.75) is 4.90 Å². The molecule has 23 heavy (non-hydrogen) atoms. The van der Waals surface area contributed by atoms with Crippen LogP contribution in [0.5, 0.6) is 0 Å². The summed E-state index contributed by atoms with van der Waals surface area (Å²) in [6.45, 7) is 0. The van der Waals surface area contributed by atoms with Gasteiger partial charge in [-0.2, -0.15) is 0 Å². The minimum Gasteiger partial charge on any atom is -0.255 e. The fraction of sp³-hybridized carbons (Fsp3) is 0.0556. The number of sulfone groups is 1. The van der Waals surface area contributed by atoms with E-state index in [1.807, 2.05) is 24.3 Å². The maximum Gasteiger partial charge on any atom is 0.177 e. The molecular formula is C18H14FNO2S. The van der Waals surface area contributed by atoms with Crippen molar-refractivity contribution in [1.29, 1.82) is 0 Å². The Hall–Kier alpha value is -2.53. The number of nitrogens with zero attached hydrogens (tertiary/aromatic N) is 1. The lowest BCUT2D eigenvalue weighted by Crippen LogP contribution is -1.98. The summed E-state index contributed by atoms with van der Waals surface area (Å²) in [5.41, 5.74) is 3.31. The normalized spacial score (nSPS) is 11.4. The van der Waals surface area contributed by atoms with Crippen molar-refractivity contribution in [3.63, 3.8) is 0 Å². The molecule has 0 unspecified atom stereocenters. The summed E-state index contributed by atoms with van der Waals surface area (Å²) in [7, 11) is -3.27. The monoisotopic (exact) mass is 327 g/mol. The molecule has 1 heterocycles. The summed E-state index contributed by atoms with van der Waals surface area (Å²) in [4.78, 5) is 4.45. The molecule has 2 aromatic carbocycles. The van der Waals surface area contributed by atoms with E-state index in [-0.39, 0.29) is 10.7 Å². The summed E-state index contributed by atoms with van der Waals surface area (Å²) in [6.07, 6.45) is 2.50. The molecule has 0 aliphatic heterocycles. The second-order valence-corrected chi connectivity index (χ2v) is 7.22. The van der Waals surface area contributed by atoms with Crippen LogP contribution >= 0.6 is 0 Å². The molecule has 0 N–H and O–H groups in total. The molecule has 3 nitrogen and oxygen atoms in total. The number of rotatable bonds is 3. The predicted octanol–water partition coefficient (Wildman–Crippen LogP) is 3.96. The van der Waals surface area contributed by atoms with E-state index in [0.717, 1.165) is 22.9 Å². The first kappa shape index (κ1) is 15.4. The van der Waals surface area contributed by atoms with Crippen LogP contribution in [0.3, 0.4) is 0 Å². The summed E-state index contributed by atoms with van der Waals surface area (Å²) in [5, 5.41) is 0. The first-order chi connectivity index (χ1) is 10.9. The van der Waals surface area contributed by atoms with Gasteiger partial charge in [-0.05, 0) is 35.4 Å². The number of hydrogen-bond acceptors (Lipinski definition) is 3. The third-order valence-corrected chi connectivity index (χ3v) is 4.62. The molecular weight excluding hydrogens is 313 g/mol. The van der Waals surface area contributed by atoms with Crippen molar-refractivity contribution in [3.05, 3.63) is 72.7 Å². The van der Waals surface area contributed by atoms with E-state index >= 15 is 0 Å². The minimum atomic E-state index is -3.27. The fourth-order valence-corrected chi connectivity index (χ4v) is 2.91. The number of pyridine rings is 1. The predicted molar refractivity (Wildman–Crippen MR) is 88.2 cm³/mol. The molecule has 0 spiro atoms. The number of aromatic nitrogens is 1. The average molecular weight is 327 g/mol. The summed E-state index contributed by atoms with van der Waals surface area (Å²) < 4.78 is 36.2. The van der Waals surface area contributed by atoms with E-state index < -0.39 is 9.84 Å². The van der Waals surface area contributed by atoms with Gasteiger partial charge >= 0.3 is 0 Å². The van der Waals surface area contributed by atoms with Crippen LogP contribution in [-0.4, -0.2) is 19.7 Å². The summed E-state index contributed by atoms with van der Waals surface area (Å²) in [6, 6.07) is 17.1. The molecule has 0 amide bonds. The van der Waals surface area contributed by atoms with E-state index in [1.165, 1.54) is 18.3 Å². The van der Waals surface area contributed by atoms with Crippen LogP contribution in [0.15, 0.2) is 71.8 Å². The Labute approximate surface area is 134 Å². The molecule has 0 atom stereocenters. The highest BCUT2D eigenvalue weighted by molar-refractivity contribution is 7.90. The summed E-state index contributed by atoms with van der Waals surface area (Å²) >= 11 is 0. The molecule has 0 saturated carbocycles. The molecule has 0 fully saturated rings. The second-order valence-electron chi connectivity index (χ2n) is 5.20. The van der Waals surface area contributed by atoms with Gasteiger partial charge in [0.1, 0.15) is 5.82 Å². The number of hydrogen-bond donors (Lipinski definition) is 0. The Bertz CT molecular complexity index is 934. The van der Waals surface area contributed by atoms with Crippen LogP contribution in [-0.2, 0) is 9.84 Å². The maximum atomic E-state index is 13.1. The summed E-state index contributed by atoms with van der Waals surface area (Å²) in [5.74, 6) is -0.290. The van der Waals surface area contributed by atoms with Crippen molar-refractivity contribution in [3.8, 4) is 22.4 Å². The Morgan fingerprint density at radius 1 is 0.870 bits per heavy atom. The first-order valence-electron chi connectivity index (χ1n) is 6.96. The van der Waals surface area contributed by atoms with Crippen molar-refractivity contribution < 1.29 is 12.8 Å². The van der Waals surface area contributed by atoms with Gasteiger partial charge in [0.05, 0.1) is 10.6 Å². The topological polar surface area (TPSA) is 47.0 Å². The van der Waals surface area contributed by atoms with Crippen LogP contribution < -0.4 is 0 Å². The van der Waals surface area contributed by atoms with Crippen molar-refractivity contribution >= 4 is 9.84 Å². The number of halogens is 1. The minimum absolute atomic E-state index is 0.181. The third-order valence-electron chi connectivity index (χ3n) is 3.52. The highest BCUT2D eigenvalue weighted by atomic mass is 32.2. The third kappa shape index (κ3) is 3.29. The Morgan fingerprint density at radius 2 is 1.52 bits per heavy atom. The van der Waals surface area contributed by atoms with E-state index in [1.54, 1.807) is 24.3 Å². The van der Waals surface area contributed by atoms with Gasteiger partial charge in [-0.3, -0.25) is 4.98 Å². The van der Waals surface area contributed by atoms with Crippen molar-refractivity contribution in [2.24, 2.45) is 0 Å². The van der Waals surface area contributed by atoms with Gasteiger partial charge in [0, 0.05) is 18.0 Å². The lowest BCUT2D eigenvalue weighted by Gasteiger charge is -2.10. The van der Waals surface area contributed by atoms with Crippen LogP contribution in [0.2, 0.25) is 0 Å². The van der Waals surface area contributed by atoms with Gasteiger partial charge in [-0.25, -0.2) is 12.8 Å². The standard InChI is InChI=1S/C18H14FNO2S/c1-23(21,22)15-10-11-18(20-12-15)17-5-3-2-4-16(17)13-6-8-14(19)9-7-13/h2-12H,1H3. The molecule has 116 valence electrons. The molecule has 0 aliphatic rings. The van der Waals surface area contributed by atoms with Crippen LogP contribution in [0.1, 0.15) is 0 Å². The molecule has 3 aromatic rings. The van der Waals surface area contributed by atoms with Gasteiger partial charge in [0.2, 0.25) is 0 Å². The molecule has 5 heteroatoms. The maximum absolute atomic E-state index is 13.1. The fourth-order valence-electron chi connectivity index (χ4n) is 2.35. The quantitative estimate of drug-likeness (QED) is 0.731. The Balaban J connectivity index is 2.09. The first-order valence-corrected chi connectivity index (χ1v) is 8.86. The lowest BCUT2D eigenvalue weighted by atomic mass is 9.97. The van der Waals surface area contributed by atoms with Crippen LogP contribution in [0.4, 0.5) is 4.39 Å². The molecule has 0 radical (unpaired) electrons. The van der Waals surface area contributed by atoms with E-state index in [2.05, 4.69) is 4.98 Å². The highest BCUT2D eigenvalue weighted by Crippen LogP contribution is 2.31. The zero-order chi connectivity index (χ0) is 16.4. The highest BCUT2D eigenvalue weighted by Gasteiger charge is 2.11. The van der Waals surface area contributed by atoms with Crippen LogP contribution in [0, 0.1) is 5.82 Å². The second kappa shape index (κ2) is 5.93. The van der Waals surface area contributed by atoms with Gasteiger partial charge < -0.3 is 0 Å². The molecule has 3 rings (SSSR count). The van der Waals surface area contributed by atoms with Crippen LogP contribution in [0.25, 0.3) is 22.4 Å². The number of benzene rings is 2.